The summed E-state index contributed by atoms with van der Waals surface area (Å²) in [5, 5.41) is 4.06. The predicted molar refractivity (Wildman–Crippen MR) is 66.0 cm³/mol. The SMILES string of the molecule is CCCC(C)(C)c1cnn2c(=O)[nH]c(N)nc12. The van der Waals surface area contributed by atoms with E-state index >= 15 is 0 Å². The lowest BCUT2D eigenvalue weighted by atomic mass is 9.82. The van der Waals surface area contributed by atoms with E-state index in [4.69, 9.17) is 5.73 Å². The Bertz CT molecular complexity index is 595. The topological polar surface area (TPSA) is 89.1 Å². The van der Waals surface area contributed by atoms with Crippen LogP contribution in [0.3, 0.4) is 0 Å². The molecule has 2 aromatic rings. The number of aromatic amines is 1. The number of hydrogen-bond acceptors (Lipinski definition) is 4. The molecule has 0 spiro atoms. The number of H-pyrrole nitrogens is 1. The Morgan fingerprint density at radius 2 is 2.24 bits per heavy atom. The van der Waals surface area contributed by atoms with Gasteiger partial charge < -0.3 is 5.73 Å². The smallest absolute Gasteiger partial charge is 0.350 e. The number of nitrogens with two attached hydrogens (primary N) is 1. The van der Waals surface area contributed by atoms with Crippen LogP contribution in [0.1, 0.15) is 39.2 Å². The summed E-state index contributed by atoms with van der Waals surface area (Å²) >= 11 is 0. The molecule has 6 nitrogen and oxygen atoms in total. The maximum Gasteiger partial charge on any atom is 0.350 e. The third-order valence-corrected chi connectivity index (χ3v) is 3.00. The fourth-order valence-corrected chi connectivity index (χ4v) is 2.14. The van der Waals surface area contributed by atoms with Crippen molar-refractivity contribution >= 4 is 11.6 Å². The minimum atomic E-state index is -0.356. The summed E-state index contributed by atoms with van der Waals surface area (Å²) in [6, 6.07) is 0. The molecule has 3 N–H and O–H groups in total. The molecule has 0 bridgehead atoms. The van der Waals surface area contributed by atoms with Crippen LogP contribution in [0.25, 0.3) is 5.65 Å². The van der Waals surface area contributed by atoms with Gasteiger partial charge in [-0.05, 0) is 11.8 Å². The molecule has 0 aromatic carbocycles. The van der Waals surface area contributed by atoms with Gasteiger partial charge in [0.1, 0.15) is 0 Å². The maximum atomic E-state index is 11.6. The highest BCUT2D eigenvalue weighted by Gasteiger charge is 2.25. The van der Waals surface area contributed by atoms with Gasteiger partial charge in [-0.1, -0.05) is 27.2 Å². The van der Waals surface area contributed by atoms with Crippen molar-refractivity contribution in [2.75, 3.05) is 5.73 Å². The normalized spacial score (nSPS) is 12.2. The average molecular weight is 235 g/mol. The lowest BCUT2D eigenvalue weighted by molar-refractivity contribution is 0.476. The van der Waals surface area contributed by atoms with Crippen LogP contribution >= 0.6 is 0 Å². The highest BCUT2D eigenvalue weighted by Crippen LogP contribution is 2.30. The maximum absolute atomic E-state index is 11.6. The molecule has 0 atom stereocenters. The molecule has 0 unspecified atom stereocenters. The van der Waals surface area contributed by atoms with Gasteiger partial charge in [-0.3, -0.25) is 4.98 Å². The second-order valence-corrected chi connectivity index (χ2v) is 4.85. The molecular weight excluding hydrogens is 218 g/mol. The molecular formula is C11H17N5O. The number of aromatic nitrogens is 4. The van der Waals surface area contributed by atoms with Gasteiger partial charge in [0, 0.05) is 5.56 Å². The Morgan fingerprint density at radius 3 is 2.88 bits per heavy atom. The minimum Gasteiger partial charge on any atom is -0.369 e. The summed E-state index contributed by atoms with van der Waals surface area (Å²) in [5.74, 6) is 0.122. The van der Waals surface area contributed by atoms with Crippen LogP contribution in [-0.2, 0) is 5.41 Å². The standard InChI is InChI=1S/C11H17N5O/c1-4-5-11(2,3)7-6-13-16-8(7)14-9(12)15-10(16)17/h6H,4-5H2,1-3H3,(H3,12,14,15,17). The van der Waals surface area contributed by atoms with Crippen molar-refractivity contribution in [3.63, 3.8) is 0 Å². The van der Waals surface area contributed by atoms with E-state index in [-0.39, 0.29) is 17.1 Å². The van der Waals surface area contributed by atoms with Crippen molar-refractivity contribution in [3.05, 3.63) is 22.2 Å². The van der Waals surface area contributed by atoms with E-state index in [2.05, 4.69) is 35.8 Å². The molecule has 0 saturated carbocycles. The van der Waals surface area contributed by atoms with Crippen LogP contribution in [0.15, 0.2) is 11.0 Å². The number of anilines is 1. The number of nitrogens with one attached hydrogen (secondary N) is 1. The largest absolute Gasteiger partial charge is 0.369 e. The van der Waals surface area contributed by atoms with Crippen molar-refractivity contribution in [2.45, 2.75) is 39.0 Å². The summed E-state index contributed by atoms with van der Waals surface area (Å²) in [6.45, 7) is 6.36. The van der Waals surface area contributed by atoms with E-state index in [1.165, 1.54) is 4.52 Å². The first-order valence-corrected chi connectivity index (χ1v) is 5.69. The summed E-state index contributed by atoms with van der Waals surface area (Å²) in [4.78, 5) is 18.2. The predicted octanol–water partition coefficient (Wildman–Crippen LogP) is 1.08. The van der Waals surface area contributed by atoms with Crippen LogP contribution in [0.4, 0.5) is 5.95 Å². The molecule has 92 valence electrons. The number of nitrogen functional groups attached to an aromatic ring is 1. The van der Waals surface area contributed by atoms with Crippen molar-refractivity contribution in [1.29, 1.82) is 0 Å². The first-order valence-electron chi connectivity index (χ1n) is 5.69. The zero-order chi connectivity index (χ0) is 12.6. The Kier molecular flexibility index (Phi) is 2.65. The molecule has 0 aliphatic rings. The summed E-state index contributed by atoms with van der Waals surface area (Å²) in [6.07, 6.45) is 3.76. The average Bonchev–Trinajstić information content (AvgIpc) is 2.61. The third kappa shape index (κ3) is 1.90. The van der Waals surface area contributed by atoms with Crippen LogP contribution in [-0.4, -0.2) is 19.6 Å². The van der Waals surface area contributed by atoms with Crippen LogP contribution in [0, 0.1) is 0 Å². The van der Waals surface area contributed by atoms with Gasteiger partial charge in [0.05, 0.1) is 6.20 Å². The van der Waals surface area contributed by atoms with E-state index in [0.717, 1.165) is 18.4 Å². The fourth-order valence-electron chi connectivity index (χ4n) is 2.14. The van der Waals surface area contributed by atoms with Gasteiger partial charge in [-0.2, -0.15) is 14.6 Å². The van der Waals surface area contributed by atoms with Crippen LogP contribution in [0.5, 0.6) is 0 Å². The Morgan fingerprint density at radius 1 is 1.53 bits per heavy atom. The van der Waals surface area contributed by atoms with Gasteiger partial charge in [0.15, 0.2) is 5.65 Å². The fraction of sp³-hybridized carbons (Fsp3) is 0.545. The molecule has 0 radical (unpaired) electrons. The van der Waals surface area contributed by atoms with Crippen LogP contribution < -0.4 is 11.4 Å². The van der Waals surface area contributed by atoms with Gasteiger partial charge >= 0.3 is 5.69 Å². The molecule has 0 amide bonds. The van der Waals surface area contributed by atoms with Gasteiger partial charge in [-0.15, -0.1) is 0 Å². The van der Waals surface area contributed by atoms with Crippen molar-refractivity contribution in [1.82, 2.24) is 19.6 Å². The molecule has 0 aliphatic heterocycles. The van der Waals surface area contributed by atoms with Gasteiger partial charge in [0.2, 0.25) is 5.95 Å². The zero-order valence-corrected chi connectivity index (χ0v) is 10.3. The van der Waals surface area contributed by atoms with Crippen LogP contribution in [0.2, 0.25) is 0 Å². The molecule has 2 aromatic heterocycles. The Hall–Kier alpha value is -1.85. The second-order valence-electron chi connectivity index (χ2n) is 4.85. The lowest BCUT2D eigenvalue weighted by Crippen LogP contribution is -2.22. The summed E-state index contributed by atoms with van der Waals surface area (Å²) in [7, 11) is 0. The highest BCUT2D eigenvalue weighted by molar-refractivity contribution is 5.51. The first-order chi connectivity index (χ1) is 7.95. The van der Waals surface area contributed by atoms with Gasteiger partial charge in [-0.25, -0.2) is 4.79 Å². The summed E-state index contributed by atoms with van der Waals surface area (Å²) in [5.41, 5.74) is 6.64. The molecule has 2 heterocycles. The molecule has 0 aliphatic carbocycles. The molecule has 0 saturated heterocycles. The number of hydrogen-bond donors (Lipinski definition) is 2. The quantitative estimate of drug-likeness (QED) is 0.833. The van der Waals surface area contributed by atoms with E-state index < -0.39 is 0 Å². The number of rotatable bonds is 3. The first kappa shape index (κ1) is 11.6. The van der Waals surface area contributed by atoms with Crippen molar-refractivity contribution in [3.8, 4) is 0 Å². The molecule has 6 heteroatoms. The van der Waals surface area contributed by atoms with E-state index in [1.54, 1.807) is 6.20 Å². The number of nitrogens with zero attached hydrogens (tertiary/aromatic N) is 3. The van der Waals surface area contributed by atoms with E-state index in [9.17, 15) is 4.79 Å². The lowest BCUT2D eigenvalue weighted by Gasteiger charge is -2.22. The van der Waals surface area contributed by atoms with Gasteiger partial charge in [0.25, 0.3) is 0 Å². The summed E-state index contributed by atoms with van der Waals surface area (Å²) < 4.78 is 1.25. The van der Waals surface area contributed by atoms with E-state index in [1.807, 2.05) is 0 Å². The monoisotopic (exact) mass is 235 g/mol. The second kappa shape index (κ2) is 3.87. The van der Waals surface area contributed by atoms with Crippen molar-refractivity contribution < 1.29 is 0 Å². The Balaban J connectivity index is 2.68. The van der Waals surface area contributed by atoms with Crippen molar-refractivity contribution in [2.24, 2.45) is 0 Å². The molecule has 0 fully saturated rings. The zero-order valence-electron chi connectivity index (χ0n) is 10.3. The molecule has 17 heavy (non-hydrogen) atoms. The minimum absolute atomic E-state index is 0.0657. The Labute approximate surface area is 98.9 Å². The highest BCUT2D eigenvalue weighted by atomic mass is 16.1. The molecule has 2 rings (SSSR count). The third-order valence-electron chi connectivity index (χ3n) is 3.00. The van der Waals surface area contributed by atoms with E-state index in [0.29, 0.717) is 5.65 Å². The number of fused-ring (bicyclic) bond motifs is 1.